The molecular formula is C13H18O2. The van der Waals surface area contributed by atoms with Gasteiger partial charge in [0.1, 0.15) is 5.60 Å². The van der Waals surface area contributed by atoms with Crippen LogP contribution < -0.4 is 0 Å². The van der Waals surface area contributed by atoms with E-state index in [1.165, 1.54) is 0 Å². The minimum Gasteiger partial charge on any atom is -0.487 e. The van der Waals surface area contributed by atoms with Gasteiger partial charge in [0.25, 0.3) is 0 Å². The lowest BCUT2D eigenvalue weighted by atomic mass is 9.64. The van der Waals surface area contributed by atoms with Crippen molar-refractivity contribution in [2.24, 2.45) is 5.41 Å². The van der Waals surface area contributed by atoms with Gasteiger partial charge in [-0.1, -0.05) is 13.8 Å². The van der Waals surface area contributed by atoms with Crippen LogP contribution in [-0.4, -0.2) is 11.4 Å². The monoisotopic (exact) mass is 206 g/mol. The molecule has 0 aromatic rings. The number of carbonyl (C=O) groups excluding carboxylic acids is 1. The average molecular weight is 206 g/mol. The Morgan fingerprint density at radius 3 is 2.47 bits per heavy atom. The van der Waals surface area contributed by atoms with E-state index in [0.29, 0.717) is 6.42 Å². The molecule has 1 spiro atoms. The number of hydrogen-bond acceptors (Lipinski definition) is 2. The molecule has 0 amide bonds. The van der Waals surface area contributed by atoms with Gasteiger partial charge < -0.3 is 4.74 Å². The maximum Gasteiger partial charge on any atom is 0.156 e. The van der Waals surface area contributed by atoms with Crippen molar-refractivity contribution in [2.45, 2.75) is 46.1 Å². The van der Waals surface area contributed by atoms with Crippen LogP contribution >= 0.6 is 0 Å². The summed E-state index contributed by atoms with van der Waals surface area (Å²) in [5, 5.41) is 0. The van der Waals surface area contributed by atoms with E-state index < -0.39 is 0 Å². The summed E-state index contributed by atoms with van der Waals surface area (Å²) in [5.41, 5.74) is 0.680. The van der Waals surface area contributed by atoms with Gasteiger partial charge >= 0.3 is 0 Å². The molecule has 2 aliphatic rings. The van der Waals surface area contributed by atoms with E-state index in [0.717, 1.165) is 17.8 Å². The molecule has 0 aromatic carbocycles. The van der Waals surface area contributed by atoms with Crippen molar-refractivity contribution in [1.82, 2.24) is 0 Å². The smallest absolute Gasteiger partial charge is 0.156 e. The summed E-state index contributed by atoms with van der Waals surface area (Å²) in [4.78, 5) is 11.6. The van der Waals surface area contributed by atoms with Crippen molar-refractivity contribution in [1.29, 1.82) is 0 Å². The Hall–Kier alpha value is -1.05. The summed E-state index contributed by atoms with van der Waals surface area (Å²) in [7, 11) is 0. The highest BCUT2D eigenvalue weighted by atomic mass is 16.5. The first-order valence-electron chi connectivity index (χ1n) is 5.45. The zero-order valence-electron chi connectivity index (χ0n) is 9.89. The predicted octanol–water partition coefficient (Wildman–Crippen LogP) is 2.99. The summed E-state index contributed by atoms with van der Waals surface area (Å²) in [5.74, 6) is 1.20. The summed E-state index contributed by atoms with van der Waals surface area (Å²) >= 11 is 0. The zero-order valence-corrected chi connectivity index (χ0v) is 9.89. The van der Waals surface area contributed by atoms with E-state index in [9.17, 15) is 4.79 Å². The van der Waals surface area contributed by atoms with Crippen molar-refractivity contribution in [3.63, 3.8) is 0 Å². The molecule has 0 saturated carbocycles. The number of ether oxygens (including phenoxy) is 1. The first-order chi connectivity index (χ1) is 6.87. The van der Waals surface area contributed by atoms with E-state index in [4.69, 9.17) is 4.74 Å². The normalized spacial score (nSPS) is 33.7. The second-order valence-corrected chi connectivity index (χ2v) is 5.30. The molecule has 0 aromatic heterocycles. The third-order valence-electron chi connectivity index (χ3n) is 3.74. The predicted molar refractivity (Wildman–Crippen MR) is 59.4 cm³/mol. The standard InChI is InChI=1S/C13H18O2/c1-9-7-11(14)8-12(3,4)13(9)6-5-10(2)15-13/h5,7H,6,8H2,1-4H3/t13-/m1/s1. The van der Waals surface area contributed by atoms with Gasteiger partial charge in [-0.15, -0.1) is 0 Å². The van der Waals surface area contributed by atoms with Crippen LogP contribution in [-0.2, 0) is 9.53 Å². The summed E-state index contributed by atoms with van der Waals surface area (Å²) in [6.07, 6.45) is 5.33. The molecular weight excluding hydrogens is 188 g/mol. The van der Waals surface area contributed by atoms with Gasteiger partial charge in [-0.3, -0.25) is 4.79 Å². The minimum absolute atomic E-state index is 0.114. The third-order valence-corrected chi connectivity index (χ3v) is 3.74. The van der Waals surface area contributed by atoms with Crippen LogP contribution in [0.4, 0.5) is 0 Å². The molecule has 2 nitrogen and oxygen atoms in total. The molecule has 0 saturated heterocycles. The number of carbonyl (C=O) groups is 1. The molecule has 2 heteroatoms. The lowest BCUT2D eigenvalue weighted by Gasteiger charge is -2.46. The van der Waals surface area contributed by atoms with Gasteiger partial charge in [-0.05, 0) is 31.6 Å². The number of rotatable bonds is 0. The van der Waals surface area contributed by atoms with Gasteiger partial charge in [0, 0.05) is 18.3 Å². The molecule has 2 rings (SSSR count). The molecule has 0 radical (unpaired) electrons. The first-order valence-corrected chi connectivity index (χ1v) is 5.45. The average Bonchev–Trinajstić information content (AvgIpc) is 2.45. The third kappa shape index (κ3) is 1.35. The van der Waals surface area contributed by atoms with Gasteiger partial charge in [0.15, 0.2) is 5.78 Å². The Balaban J connectivity index is 2.46. The van der Waals surface area contributed by atoms with Crippen LogP contribution in [0, 0.1) is 5.41 Å². The Kier molecular flexibility index (Phi) is 2.07. The fourth-order valence-corrected chi connectivity index (χ4v) is 2.82. The molecule has 0 unspecified atom stereocenters. The van der Waals surface area contributed by atoms with E-state index in [1.54, 1.807) is 6.08 Å². The lowest BCUT2D eigenvalue weighted by molar-refractivity contribution is -0.124. The van der Waals surface area contributed by atoms with Crippen LogP contribution in [0.2, 0.25) is 0 Å². The highest BCUT2D eigenvalue weighted by Gasteiger charge is 2.53. The SMILES string of the molecule is CC1=CC[C@@]2(O1)C(C)=CC(=O)CC2(C)C. The van der Waals surface area contributed by atoms with Gasteiger partial charge in [-0.2, -0.15) is 0 Å². The molecule has 0 fully saturated rings. The van der Waals surface area contributed by atoms with Gasteiger partial charge in [0.2, 0.25) is 0 Å². The van der Waals surface area contributed by atoms with Crippen LogP contribution in [0.25, 0.3) is 0 Å². The Bertz CT molecular complexity index is 374. The second kappa shape index (κ2) is 2.97. The topological polar surface area (TPSA) is 26.3 Å². The van der Waals surface area contributed by atoms with Crippen LogP contribution in [0.15, 0.2) is 23.5 Å². The van der Waals surface area contributed by atoms with Crippen LogP contribution in [0.5, 0.6) is 0 Å². The molecule has 0 bridgehead atoms. The highest BCUT2D eigenvalue weighted by molar-refractivity contribution is 5.92. The van der Waals surface area contributed by atoms with Crippen LogP contribution in [0.3, 0.4) is 0 Å². The number of allylic oxidation sites excluding steroid dienone is 2. The van der Waals surface area contributed by atoms with Crippen molar-refractivity contribution >= 4 is 5.78 Å². The summed E-state index contributed by atoms with van der Waals surface area (Å²) in [6, 6.07) is 0. The second-order valence-electron chi connectivity index (χ2n) is 5.30. The van der Waals surface area contributed by atoms with Crippen molar-refractivity contribution in [3.8, 4) is 0 Å². The Morgan fingerprint density at radius 1 is 1.33 bits per heavy atom. The molecule has 1 heterocycles. The first kappa shape index (κ1) is 10.5. The molecule has 1 aliphatic heterocycles. The van der Waals surface area contributed by atoms with E-state index in [2.05, 4.69) is 19.9 Å². The Morgan fingerprint density at radius 2 is 2.00 bits per heavy atom. The molecule has 15 heavy (non-hydrogen) atoms. The maximum absolute atomic E-state index is 11.6. The molecule has 82 valence electrons. The van der Waals surface area contributed by atoms with Crippen molar-refractivity contribution < 1.29 is 9.53 Å². The molecule has 1 atom stereocenters. The maximum atomic E-state index is 11.6. The van der Waals surface area contributed by atoms with Gasteiger partial charge in [-0.25, -0.2) is 0 Å². The zero-order chi connectivity index (χ0) is 11.3. The quantitative estimate of drug-likeness (QED) is 0.609. The highest BCUT2D eigenvalue weighted by Crippen LogP contribution is 2.51. The Labute approximate surface area is 91.0 Å². The minimum atomic E-state index is -0.273. The summed E-state index contributed by atoms with van der Waals surface area (Å²) in [6.45, 7) is 8.22. The lowest BCUT2D eigenvalue weighted by Crippen LogP contribution is -2.49. The molecule has 0 N–H and O–H groups in total. The largest absolute Gasteiger partial charge is 0.487 e. The number of ketones is 1. The molecule has 1 aliphatic carbocycles. The van der Waals surface area contributed by atoms with Crippen molar-refractivity contribution in [2.75, 3.05) is 0 Å². The summed E-state index contributed by atoms with van der Waals surface area (Å²) < 4.78 is 6.01. The van der Waals surface area contributed by atoms with Crippen molar-refractivity contribution in [3.05, 3.63) is 23.5 Å². The fraction of sp³-hybridized carbons (Fsp3) is 0.615. The van der Waals surface area contributed by atoms with Gasteiger partial charge in [0.05, 0.1) is 5.76 Å². The van der Waals surface area contributed by atoms with E-state index in [-0.39, 0.29) is 16.8 Å². The number of hydrogen-bond donors (Lipinski definition) is 0. The van der Waals surface area contributed by atoms with E-state index >= 15 is 0 Å². The van der Waals surface area contributed by atoms with E-state index in [1.807, 2.05) is 13.8 Å². The van der Waals surface area contributed by atoms with Crippen LogP contribution in [0.1, 0.15) is 40.5 Å². The fourth-order valence-electron chi connectivity index (χ4n) is 2.82.